The van der Waals surface area contributed by atoms with E-state index in [1.807, 2.05) is 25.1 Å². The van der Waals surface area contributed by atoms with Gasteiger partial charge in [-0.05, 0) is 24.6 Å². The smallest absolute Gasteiger partial charge is 0.266 e. The van der Waals surface area contributed by atoms with E-state index in [2.05, 4.69) is 6.58 Å². The molecule has 4 heteroatoms. The second kappa shape index (κ2) is 3.70. The van der Waals surface area contributed by atoms with Crippen LogP contribution in [0.3, 0.4) is 0 Å². The summed E-state index contributed by atoms with van der Waals surface area (Å²) in [4.78, 5) is 11.9. The molecule has 0 aliphatic rings. The highest BCUT2D eigenvalue weighted by molar-refractivity contribution is 5.60. The Labute approximate surface area is 92.6 Å². The molecule has 0 aliphatic carbocycles. The largest absolute Gasteiger partial charge is 0.285 e. The van der Waals surface area contributed by atoms with Gasteiger partial charge < -0.3 is 0 Å². The van der Waals surface area contributed by atoms with Crippen LogP contribution in [-0.4, -0.2) is 9.20 Å². The summed E-state index contributed by atoms with van der Waals surface area (Å²) < 4.78 is 3.18. The monoisotopic (exact) mass is 213 g/mol. The molecule has 0 unspecified atom stereocenters. The Bertz CT molecular complexity index is 655. The molecule has 2 aromatic rings. The normalized spacial score (nSPS) is 10.2. The van der Waals surface area contributed by atoms with E-state index in [4.69, 9.17) is 5.26 Å². The Kier molecular flexibility index (Phi) is 2.37. The summed E-state index contributed by atoms with van der Waals surface area (Å²) in [6.07, 6.45) is 3.42. The molecular weight excluding hydrogens is 202 g/mol. The van der Waals surface area contributed by atoms with E-state index in [1.165, 1.54) is 4.68 Å². The average Bonchev–Trinajstić information content (AvgIpc) is 2.52. The maximum atomic E-state index is 11.9. The van der Waals surface area contributed by atoms with Crippen LogP contribution in [-0.2, 0) is 6.54 Å². The standard InChI is InChI=1S/C12H11N3O/c1-3-5-15-12(16)10(8-13)11-7-9(2)4-6-14(11)15/h3-4,6-7H,1,5H2,2H3. The van der Waals surface area contributed by atoms with Gasteiger partial charge in [0, 0.05) is 6.20 Å². The first-order chi connectivity index (χ1) is 7.69. The number of nitrogens with zero attached hydrogens (tertiary/aromatic N) is 3. The van der Waals surface area contributed by atoms with Crippen LogP contribution in [0.1, 0.15) is 11.1 Å². The summed E-state index contributed by atoms with van der Waals surface area (Å²) in [6.45, 7) is 5.92. The van der Waals surface area contributed by atoms with E-state index >= 15 is 0 Å². The van der Waals surface area contributed by atoms with Crippen molar-refractivity contribution in [2.45, 2.75) is 13.5 Å². The van der Waals surface area contributed by atoms with E-state index in [0.29, 0.717) is 12.1 Å². The minimum Gasteiger partial charge on any atom is -0.266 e. The van der Waals surface area contributed by atoms with Crippen molar-refractivity contribution < 1.29 is 0 Å². The minimum atomic E-state index is -0.270. The van der Waals surface area contributed by atoms with Gasteiger partial charge in [-0.2, -0.15) is 5.26 Å². The van der Waals surface area contributed by atoms with Crippen LogP contribution in [0.25, 0.3) is 5.52 Å². The summed E-state index contributed by atoms with van der Waals surface area (Å²) in [7, 11) is 0. The molecule has 2 aromatic heterocycles. The highest BCUT2D eigenvalue weighted by Crippen LogP contribution is 2.09. The molecule has 2 heterocycles. The number of rotatable bonds is 2. The van der Waals surface area contributed by atoms with Crippen molar-refractivity contribution in [3.63, 3.8) is 0 Å². The van der Waals surface area contributed by atoms with Crippen molar-refractivity contribution in [3.8, 4) is 6.07 Å². The van der Waals surface area contributed by atoms with Gasteiger partial charge in [0.25, 0.3) is 5.56 Å². The van der Waals surface area contributed by atoms with Crippen molar-refractivity contribution in [1.82, 2.24) is 9.20 Å². The van der Waals surface area contributed by atoms with Gasteiger partial charge in [0.15, 0.2) is 0 Å². The summed E-state index contributed by atoms with van der Waals surface area (Å²) in [5.41, 5.74) is 1.58. The van der Waals surface area contributed by atoms with Crippen molar-refractivity contribution in [2.24, 2.45) is 0 Å². The highest BCUT2D eigenvalue weighted by atomic mass is 16.1. The quantitative estimate of drug-likeness (QED) is 0.709. The zero-order valence-electron chi connectivity index (χ0n) is 8.97. The molecule has 0 aromatic carbocycles. The Balaban J connectivity index is 2.93. The van der Waals surface area contributed by atoms with Crippen molar-refractivity contribution >= 4 is 5.52 Å². The minimum absolute atomic E-state index is 0.186. The lowest BCUT2D eigenvalue weighted by atomic mass is 10.2. The molecule has 0 spiro atoms. The van der Waals surface area contributed by atoms with Crippen LogP contribution in [0.5, 0.6) is 0 Å². The molecule has 0 saturated heterocycles. The van der Waals surface area contributed by atoms with Crippen molar-refractivity contribution in [1.29, 1.82) is 5.26 Å². The number of nitriles is 1. The maximum absolute atomic E-state index is 11.9. The van der Waals surface area contributed by atoms with Crippen LogP contribution in [0.15, 0.2) is 35.8 Å². The van der Waals surface area contributed by atoms with Crippen LogP contribution in [0, 0.1) is 18.3 Å². The Hall–Kier alpha value is -2.28. The molecule has 2 rings (SSSR count). The van der Waals surface area contributed by atoms with Gasteiger partial charge in [-0.25, -0.2) is 4.68 Å². The van der Waals surface area contributed by atoms with E-state index in [0.717, 1.165) is 5.56 Å². The molecule has 0 amide bonds. The first kappa shape index (κ1) is 10.2. The number of aromatic nitrogens is 2. The Morgan fingerprint density at radius 2 is 2.38 bits per heavy atom. The molecule has 0 fully saturated rings. The predicted octanol–water partition coefficient (Wildman–Crippen LogP) is 1.47. The number of allylic oxidation sites excluding steroid dienone is 1. The highest BCUT2D eigenvalue weighted by Gasteiger charge is 2.12. The first-order valence-electron chi connectivity index (χ1n) is 4.92. The van der Waals surface area contributed by atoms with Crippen LogP contribution < -0.4 is 5.56 Å². The maximum Gasteiger partial charge on any atom is 0.285 e. The fourth-order valence-corrected chi connectivity index (χ4v) is 1.73. The van der Waals surface area contributed by atoms with Crippen LogP contribution in [0.4, 0.5) is 0 Å². The summed E-state index contributed by atoms with van der Waals surface area (Å²) in [5.74, 6) is 0. The molecule has 0 N–H and O–H groups in total. The molecule has 80 valence electrons. The van der Waals surface area contributed by atoms with Gasteiger partial charge in [0.05, 0.1) is 12.1 Å². The second-order valence-corrected chi connectivity index (χ2v) is 3.60. The molecule has 0 bridgehead atoms. The number of fused-ring (bicyclic) bond motifs is 1. The third kappa shape index (κ3) is 1.34. The number of hydrogen-bond acceptors (Lipinski definition) is 2. The SMILES string of the molecule is C=CCn1c(=O)c(C#N)c2cc(C)ccn21. The van der Waals surface area contributed by atoms with Crippen molar-refractivity contribution in [2.75, 3.05) is 0 Å². The fraction of sp³-hybridized carbons (Fsp3) is 0.167. The molecule has 0 saturated carbocycles. The van der Waals surface area contributed by atoms with Gasteiger partial charge in [-0.1, -0.05) is 6.08 Å². The Morgan fingerprint density at radius 1 is 1.62 bits per heavy atom. The van der Waals surface area contributed by atoms with E-state index in [-0.39, 0.29) is 11.1 Å². The number of pyridine rings is 1. The molecule has 0 aliphatic heterocycles. The van der Waals surface area contributed by atoms with Gasteiger partial charge >= 0.3 is 0 Å². The van der Waals surface area contributed by atoms with Gasteiger partial charge in [0.1, 0.15) is 11.6 Å². The molecular formula is C12H11N3O. The van der Waals surface area contributed by atoms with Gasteiger partial charge in [-0.15, -0.1) is 6.58 Å². The number of hydrogen-bond donors (Lipinski definition) is 0. The molecule has 0 radical (unpaired) electrons. The summed E-state index contributed by atoms with van der Waals surface area (Å²) in [5, 5.41) is 8.99. The van der Waals surface area contributed by atoms with E-state index in [1.54, 1.807) is 16.8 Å². The van der Waals surface area contributed by atoms with E-state index in [9.17, 15) is 4.79 Å². The zero-order valence-corrected chi connectivity index (χ0v) is 8.97. The second-order valence-electron chi connectivity index (χ2n) is 3.60. The summed E-state index contributed by atoms with van der Waals surface area (Å²) >= 11 is 0. The van der Waals surface area contributed by atoms with Crippen LogP contribution in [0.2, 0.25) is 0 Å². The average molecular weight is 213 g/mol. The van der Waals surface area contributed by atoms with E-state index < -0.39 is 0 Å². The molecule has 0 atom stereocenters. The lowest BCUT2D eigenvalue weighted by Crippen LogP contribution is -2.19. The Morgan fingerprint density at radius 3 is 3.00 bits per heavy atom. The number of aryl methyl sites for hydroxylation is 1. The first-order valence-corrected chi connectivity index (χ1v) is 4.92. The van der Waals surface area contributed by atoms with Crippen molar-refractivity contribution in [3.05, 3.63) is 52.5 Å². The van der Waals surface area contributed by atoms with Gasteiger partial charge in [0.2, 0.25) is 0 Å². The fourth-order valence-electron chi connectivity index (χ4n) is 1.73. The topological polar surface area (TPSA) is 50.2 Å². The van der Waals surface area contributed by atoms with Gasteiger partial charge in [-0.3, -0.25) is 9.31 Å². The lowest BCUT2D eigenvalue weighted by molar-refractivity contribution is 0.629. The molecule has 16 heavy (non-hydrogen) atoms. The van der Waals surface area contributed by atoms with Crippen LogP contribution >= 0.6 is 0 Å². The lowest BCUT2D eigenvalue weighted by Gasteiger charge is -2.02. The zero-order chi connectivity index (χ0) is 11.7. The molecule has 4 nitrogen and oxygen atoms in total. The summed E-state index contributed by atoms with van der Waals surface area (Å²) in [6, 6.07) is 5.68. The predicted molar refractivity (Wildman–Crippen MR) is 61.3 cm³/mol. The third-order valence-electron chi connectivity index (χ3n) is 2.47. The third-order valence-corrected chi connectivity index (χ3v) is 2.47.